The van der Waals surface area contributed by atoms with Crippen LogP contribution < -0.4 is 0 Å². The van der Waals surface area contributed by atoms with Gasteiger partial charge in [-0.25, -0.2) is 0 Å². The highest BCUT2D eigenvalue weighted by molar-refractivity contribution is 4.99. The van der Waals surface area contributed by atoms with Gasteiger partial charge in [-0.1, -0.05) is 6.92 Å². The number of likely N-dealkylation sites (tertiary alicyclic amines) is 2. The highest BCUT2D eigenvalue weighted by Crippen LogP contribution is 2.36. The van der Waals surface area contributed by atoms with Gasteiger partial charge in [0.15, 0.2) is 0 Å². The van der Waals surface area contributed by atoms with E-state index in [1.807, 2.05) is 0 Å². The van der Waals surface area contributed by atoms with Gasteiger partial charge >= 0.3 is 0 Å². The van der Waals surface area contributed by atoms with Gasteiger partial charge in [-0.05, 0) is 46.3 Å². The number of hydrogen-bond acceptors (Lipinski definition) is 2. The van der Waals surface area contributed by atoms with Crippen LogP contribution >= 0.6 is 0 Å². The molecular formula is C11H22N2. The molecule has 0 aromatic heterocycles. The van der Waals surface area contributed by atoms with E-state index >= 15 is 0 Å². The van der Waals surface area contributed by atoms with Crippen LogP contribution in [0.15, 0.2) is 0 Å². The molecule has 2 rings (SSSR count). The predicted octanol–water partition coefficient (Wildman–Crippen LogP) is 1.56. The lowest BCUT2D eigenvalue weighted by Gasteiger charge is -2.53. The van der Waals surface area contributed by atoms with Crippen molar-refractivity contribution in [1.82, 2.24) is 9.80 Å². The third-order valence-electron chi connectivity index (χ3n) is 4.25. The number of nitrogens with zero attached hydrogens (tertiary/aromatic N) is 2. The molecule has 2 aliphatic heterocycles. The van der Waals surface area contributed by atoms with Crippen LogP contribution in [-0.2, 0) is 0 Å². The molecule has 0 aliphatic carbocycles. The molecule has 2 heterocycles. The number of piperidine rings is 2. The number of fused-ring (bicyclic) bond motifs is 2. The maximum absolute atomic E-state index is 2.66. The van der Waals surface area contributed by atoms with E-state index in [0.29, 0.717) is 5.54 Å². The Bertz CT molecular complexity index is 193. The lowest BCUT2D eigenvalue weighted by Crippen LogP contribution is -2.60. The Morgan fingerprint density at radius 3 is 2.85 bits per heavy atom. The normalized spacial score (nSPS) is 42.2. The molecule has 0 saturated carbocycles. The molecule has 1 unspecified atom stereocenters. The van der Waals surface area contributed by atoms with Crippen LogP contribution in [0.25, 0.3) is 0 Å². The van der Waals surface area contributed by atoms with Crippen molar-refractivity contribution in [2.75, 3.05) is 26.7 Å². The van der Waals surface area contributed by atoms with E-state index < -0.39 is 0 Å². The van der Waals surface area contributed by atoms with E-state index in [0.717, 1.165) is 6.04 Å². The Balaban J connectivity index is 2.09. The Labute approximate surface area is 81.9 Å². The lowest BCUT2D eigenvalue weighted by molar-refractivity contribution is -0.0249. The van der Waals surface area contributed by atoms with Crippen molar-refractivity contribution in [2.24, 2.45) is 0 Å². The number of hydrogen-bond donors (Lipinski definition) is 0. The summed E-state index contributed by atoms with van der Waals surface area (Å²) in [5, 5.41) is 0. The van der Waals surface area contributed by atoms with Gasteiger partial charge in [-0.2, -0.15) is 0 Å². The van der Waals surface area contributed by atoms with Crippen molar-refractivity contribution in [2.45, 2.75) is 44.7 Å². The highest BCUT2D eigenvalue weighted by Gasteiger charge is 2.41. The zero-order valence-corrected chi connectivity index (χ0v) is 9.21. The van der Waals surface area contributed by atoms with Gasteiger partial charge < -0.3 is 9.80 Å². The molecule has 2 nitrogen and oxygen atoms in total. The van der Waals surface area contributed by atoms with E-state index in [4.69, 9.17) is 0 Å². The molecule has 0 spiro atoms. The number of rotatable bonds is 1. The third kappa shape index (κ3) is 1.50. The Morgan fingerprint density at radius 1 is 1.38 bits per heavy atom. The molecule has 0 aromatic carbocycles. The van der Waals surface area contributed by atoms with E-state index in [1.165, 1.54) is 38.9 Å². The van der Waals surface area contributed by atoms with Crippen LogP contribution in [0.5, 0.6) is 0 Å². The minimum Gasteiger partial charge on any atom is -0.301 e. The van der Waals surface area contributed by atoms with Gasteiger partial charge in [-0.15, -0.1) is 0 Å². The van der Waals surface area contributed by atoms with Crippen LogP contribution in [0.4, 0.5) is 0 Å². The van der Waals surface area contributed by atoms with Gasteiger partial charge in [0.05, 0.1) is 0 Å². The van der Waals surface area contributed by atoms with Gasteiger partial charge in [0.25, 0.3) is 0 Å². The lowest BCUT2D eigenvalue weighted by atomic mass is 9.79. The zero-order valence-electron chi connectivity index (χ0n) is 9.21. The molecule has 0 N–H and O–H groups in total. The predicted molar refractivity (Wildman–Crippen MR) is 55.9 cm³/mol. The minimum atomic E-state index is 0.509. The summed E-state index contributed by atoms with van der Waals surface area (Å²) in [5.41, 5.74) is 0.509. The maximum Gasteiger partial charge on any atom is 0.0205 e. The largest absolute Gasteiger partial charge is 0.301 e. The van der Waals surface area contributed by atoms with Crippen LogP contribution in [0.1, 0.15) is 33.1 Å². The van der Waals surface area contributed by atoms with E-state index in [1.54, 1.807) is 0 Å². The Hall–Kier alpha value is -0.0800. The molecule has 76 valence electrons. The quantitative estimate of drug-likeness (QED) is 0.607. The Morgan fingerprint density at radius 2 is 2.15 bits per heavy atom. The van der Waals surface area contributed by atoms with Crippen molar-refractivity contribution in [3.8, 4) is 0 Å². The first-order chi connectivity index (χ1) is 6.15. The van der Waals surface area contributed by atoms with Crippen molar-refractivity contribution < 1.29 is 0 Å². The summed E-state index contributed by atoms with van der Waals surface area (Å²) in [6, 6.07) is 0.875. The summed E-state index contributed by atoms with van der Waals surface area (Å²) in [6.45, 7) is 8.57. The summed E-state index contributed by atoms with van der Waals surface area (Å²) >= 11 is 0. The smallest absolute Gasteiger partial charge is 0.0205 e. The molecule has 2 atom stereocenters. The van der Waals surface area contributed by atoms with E-state index in [9.17, 15) is 0 Å². The average molecular weight is 182 g/mol. The van der Waals surface area contributed by atoms with Gasteiger partial charge in [0.2, 0.25) is 0 Å². The van der Waals surface area contributed by atoms with E-state index in [2.05, 4.69) is 30.7 Å². The van der Waals surface area contributed by atoms with Gasteiger partial charge in [0.1, 0.15) is 0 Å². The molecule has 0 amide bonds. The first-order valence-corrected chi connectivity index (χ1v) is 5.61. The molecule has 2 fully saturated rings. The van der Waals surface area contributed by atoms with Crippen LogP contribution in [0.3, 0.4) is 0 Å². The molecular weight excluding hydrogens is 160 g/mol. The third-order valence-corrected chi connectivity index (χ3v) is 4.25. The monoisotopic (exact) mass is 182 g/mol. The molecule has 13 heavy (non-hydrogen) atoms. The summed E-state index contributed by atoms with van der Waals surface area (Å²) in [7, 11) is 2.29. The zero-order chi connectivity index (χ0) is 9.47. The average Bonchev–Trinajstić information content (AvgIpc) is 2.13. The van der Waals surface area contributed by atoms with Crippen molar-refractivity contribution in [3.05, 3.63) is 0 Å². The summed E-state index contributed by atoms with van der Waals surface area (Å²) < 4.78 is 0. The summed E-state index contributed by atoms with van der Waals surface area (Å²) in [6.07, 6.45) is 4.12. The SMILES string of the molecule is CCN1CC[C@@]2(C)CC1CCN2C. The minimum absolute atomic E-state index is 0.509. The maximum atomic E-state index is 2.66. The van der Waals surface area contributed by atoms with Crippen LogP contribution in [0.2, 0.25) is 0 Å². The van der Waals surface area contributed by atoms with Crippen molar-refractivity contribution in [3.63, 3.8) is 0 Å². The molecule has 2 aliphatic rings. The van der Waals surface area contributed by atoms with E-state index in [-0.39, 0.29) is 0 Å². The van der Waals surface area contributed by atoms with Gasteiger partial charge in [0, 0.05) is 18.1 Å². The highest BCUT2D eigenvalue weighted by atomic mass is 15.3. The topological polar surface area (TPSA) is 6.48 Å². The second-order valence-corrected chi connectivity index (χ2v) is 4.94. The van der Waals surface area contributed by atoms with Crippen molar-refractivity contribution >= 4 is 0 Å². The van der Waals surface area contributed by atoms with Crippen molar-refractivity contribution in [1.29, 1.82) is 0 Å². The standard InChI is InChI=1S/C11H22N2/c1-4-13-8-6-11(2)9-10(13)5-7-12(11)3/h10H,4-9H2,1-3H3/t10?,11-/m0/s1. The molecule has 0 aromatic rings. The molecule has 2 heteroatoms. The molecule has 2 bridgehead atoms. The van der Waals surface area contributed by atoms with Crippen LogP contribution in [0, 0.1) is 0 Å². The first-order valence-electron chi connectivity index (χ1n) is 5.61. The van der Waals surface area contributed by atoms with Crippen LogP contribution in [-0.4, -0.2) is 48.1 Å². The van der Waals surface area contributed by atoms with Gasteiger partial charge in [-0.3, -0.25) is 0 Å². The second-order valence-electron chi connectivity index (χ2n) is 4.94. The fourth-order valence-corrected chi connectivity index (χ4v) is 2.97. The molecule has 2 saturated heterocycles. The molecule has 0 radical (unpaired) electrons. The fraction of sp³-hybridized carbons (Fsp3) is 1.00. The summed E-state index contributed by atoms with van der Waals surface area (Å²) in [4.78, 5) is 5.23. The fourth-order valence-electron chi connectivity index (χ4n) is 2.97. The first kappa shape index (κ1) is 9.47. The summed E-state index contributed by atoms with van der Waals surface area (Å²) in [5.74, 6) is 0. The Kier molecular flexibility index (Phi) is 2.37. The second kappa shape index (κ2) is 3.25.